The van der Waals surface area contributed by atoms with Gasteiger partial charge < -0.3 is 0 Å². The highest BCUT2D eigenvalue weighted by Crippen LogP contribution is 2.35. The summed E-state index contributed by atoms with van der Waals surface area (Å²) in [5.74, 6) is 0. The van der Waals surface area contributed by atoms with Crippen molar-refractivity contribution in [2.45, 2.75) is 0 Å². The molecule has 0 saturated heterocycles. The van der Waals surface area contributed by atoms with Crippen molar-refractivity contribution in [3.05, 3.63) is 114 Å². The molecule has 3 aromatic carbocycles. The number of aromatic nitrogens is 1. The standard InChI is InChI=1S/C24H18ClN3O/c25-22-13-7-8-14-23(22)28(21-15-17-26-18-16-21)24(29)27(19-9-3-1-4-10-19)20-11-5-2-6-12-20/h1-18H. The van der Waals surface area contributed by atoms with Crippen molar-refractivity contribution in [1.29, 1.82) is 0 Å². The molecule has 0 saturated carbocycles. The molecule has 0 bridgehead atoms. The van der Waals surface area contributed by atoms with E-state index in [2.05, 4.69) is 4.98 Å². The van der Waals surface area contributed by atoms with Crippen LogP contribution < -0.4 is 9.80 Å². The minimum absolute atomic E-state index is 0.248. The minimum atomic E-state index is -0.248. The number of nitrogens with zero attached hydrogens (tertiary/aromatic N) is 3. The molecule has 0 aliphatic rings. The topological polar surface area (TPSA) is 36.4 Å². The number of hydrogen-bond donors (Lipinski definition) is 0. The van der Waals surface area contributed by atoms with Crippen molar-refractivity contribution < 1.29 is 4.79 Å². The molecule has 4 aromatic rings. The van der Waals surface area contributed by atoms with Gasteiger partial charge >= 0.3 is 6.03 Å². The Hall–Kier alpha value is -3.63. The SMILES string of the molecule is O=C(N(c1ccccc1)c1ccccc1)N(c1ccncc1)c1ccccc1Cl. The van der Waals surface area contributed by atoms with Crippen LogP contribution in [0.15, 0.2) is 109 Å². The van der Waals surface area contributed by atoms with Crippen LogP contribution in [0.4, 0.5) is 27.5 Å². The van der Waals surface area contributed by atoms with Gasteiger partial charge in [0.2, 0.25) is 0 Å². The first-order valence-corrected chi connectivity index (χ1v) is 9.52. The van der Waals surface area contributed by atoms with E-state index in [0.717, 1.165) is 11.4 Å². The van der Waals surface area contributed by atoms with E-state index in [1.807, 2.05) is 78.9 Å². The van der Waals surface area contributed by atoms with Gasteiger partial charge in [-0.3, -0.25) is 14.8 Å². The van der Waals surface area contributed by atoms with Gasteiger partial charge in [-0.15, -0.1) is 0 Å². The molecule has 2 amide bonds. The Labute approximate surface area is 174 Å². The molecule has 0 atom stereocenters. The molecule has 0 radical (unpaired) electrons. The maximum absolute atomic E-state index is 14.0. The molecule has 1 heterocycles. The lowest BCUT2D eigenvalue weighted by Gasteiger charge is -2.31. The van der Waals surface area contributed by atoms with Crippen LogP contribution in [0.5, 0.6) is 0 Å². The van der Waals surface area contributed by atoms with Crippen LogP contribution in [0.1, 0.15) is 0 Å². The molecule has 5 heteroatoms. The smallest absolute Gasteiger partial charge is 0.265 e. The first-order chi connectivity index (χ1) is 14.3. The summed E-state index contributed by atoms with van der Waals surface area (Å²) in [6, 6.07) is 29.7. The van der Waals surface area contributed by atoms with Crippen molar-refractivity contribution in [2.75, 3.05) is 9.80 Å². The lowest BCUT2D eigenvalue weighted by molar-refractivity contribution is 0.255. The van der Waals surface area contributed by atoms with Crippen LogP contribution in [0, 0.1) is 0 Å². The number of rotatable bonds is 4. The third-order valence-electron chi connectivity index (χ3n) is 4.43. The Balaban J connectivity index is 1.88. The van der Waals surface area contributed by atoms with E-state index in [4.69, 9.17) is 11.6 Å². The van der Waals surface area contributed by atoms with E-state index in [-0.39, 0.29) is 6.03 Å². The number of carbonyl (C=O) groups excluding carboxylic acids is 1. The van der Waals surface area contributed by atoms with Gasteiger partial charge in [-0.1, -0.05) is 60.1 Å². The first-order valence-electron chi connectivity index (χ1n) is 9.14. The highest BCUT2D eigenvalue weighted by molar-refractivity contribution is 6.34. The van der Waals surface area contributed by atoms with E-state index >= 15 is 0 Å². The Kier molecular flexibility index (Phi) is 5.54. The van der Waals surface area contributed by atoms with E-state index < -0.39 is 0 Å². The molecular weight excluding hydrogens is 382 g/mol. The van der Waals surface area contributed by atoms with Gasteiger partial charge in [0.1, 0.15) is 0 Å². The maximum atomic E-state index is 14.0. The molecule has 29 heavy (non-hydrogen) atoms. The molecule has 0 N–H and O–H groups in total. The summed E-state index contributed by atoms with van der Waals surface area (Å²) in [5.41, 5.74) is 2.79. The van der Waals surface area contributed by atoms with E-state index in [1.54, 1.807) is 40.4 Å². The van der Waals surface area contributed by atoms with Gasteiger partial charge in [-0.25, -0.2) is 4.79 Å². The quantitative estimate of drug-likeness (QED) is 0.377. The van der Waals surface area contributed by atoms with Gasteiger partial charge in [0.15, 0.2) is 0 Å². The van der Waals surface area contributed by atoms with Gasteiger partial charge in [-0.2, -0.15) is 0 Å². The number of urea groups is 1. The van der Waals surface area contributed by atoms with Crippen LogP contribution in [0.25, 0.3) is 0 Å². The molecule has 0 fully saturated rings. The predicted molar refractivity (Wildman–Crippen MR) is 118 cm³/mol. The third-order valence-corrected chi connectivity index (χ3v) is 4.75. The fourth-order valence-corrected chi connectivity index (χ4v) is 3.32. The monoisotopic (exact) mass is 399 g/mol. The summed E-state index contributed by atoms with van der Waals surface area (Å²) >= 11 is 6.48. The van der Waals surface area contributed by atoms with Crippen molar-refractivity contribution in [3.63, 3.8) is 0 Å². The van der Waals surface area contributed by atoms with Crippen molar-refractivity contribution in [2.24, 2.45) is 0 Å². The van der Waals surface area contributed by atoms with E-state index in [0.29, 0.717) is 16.4 Å². The predicted octanol–water partition coefficient (Wildman–Crippen LogP) is 6.83. The Morgan fingerprint density at radius 1 is 0.621 bits per heavy atom. The number of hydrogen-bond acceptors (Lipinski definition) is 2. The van der Waals surface area contributed by atoms with Crippen molar-refractivity contribution in [1.82, 2.24) is 4.98 Å². The fourth-order valence-electron chi connectivity index (χ4n) is 3.10. The second-order valence-electron chi connectivity index (χ2n) is 6.28. The molecule has 142 valence electrons. The van der Waals surface area contributed by atoms with Crippen LogP contribution >= 0.6 is 11.6 Å². The average molecular weight is 400 g/mol. The van der Waals surface area contributed by atoms with Crippen molar-refractivity contribution in [3.8, 4) is 0 Å². The molecule has 0 unspecified atom stereocenters. The molecule has 0 aliphatic heterocycles. The third kappa shape index (κ3) is 3.98. The van der Waals surface area contributed by atoms with Crippen LogP contribution in [0.3, 0.4) is 0 Å². The molecule has 0 aliphatic carbocycles. The van der Waals surface area contributed by atoms with E-state index in [9.17, 15) is 4.79 Å². The first kappa shape index (κ1) is 18.7. The van der Waals surface area contributed by atoms with Crippen LogP contribution in [0.2, 0.25) is 5.02 Å². The van der Waals surface area contributed by atoms with Crippen molar-refractivity contribution >= 4 is 40.4 Å². The largest absolute Gasteiger partial charge is 0.338 e. The lowest BCUT2D eigenvalue weighted by Crippen LogP contribution is -2.38. The summed E-state index contributed by atoms with van der Waals surface area (Å²) in [6.45, 7) is 0. The Morgan fingerprint density at radius 2 is 1.10 bits per heavy atom. The zero-order valence-electron chi connectivity index (χ0n) is 15.5. The zero-order chi connectivity index (χ0) is 20.1. The second-order valence-corrected chi connectivity index (χ2v) is 6.69. The molecule has 0 spiro atoms. The second kappa shape index (κ2) is 8.59. The fraction of sp³-hybridized carbons (Fsp3) is 0. The Morgan fingerprint density at radius 3 is 1.66 bits per heavy atom. The van der Waals surface area contributed by atoms with Crippen LogP contribution in [-0.2, 0) is 0 Å². The summed E-state index contributed by atoms with van der Waals surface area (Å²) in [6.07, 6.45) is 3.31. The number of benzene rings is 3. The number of pyridine rings is 1. The number of amides is 2. The number of para-hydroxylation sites is 3. The highest BCUT2D eigenvalue weighted by atomic mass is 35.5. The molecular formula is C24H18ClN3O. The van der Waals surface area contributed by atoms with Crippen LogP contribution in [-0.4, -0.2) is 11.0 Å². The number of carbonyl (C=O) groups is 1. The van der Waals surface area contributed by atoms with Gasteiger partial charge in [0, 0.05) is 12.4 Å². The summed E-state index contributed by atoms with van der Waals surface area (Å²) in [5, 5.41) is 0.485. The Bertz CT molecular complexity index is 1050. The highest BCUT2D eigenvalue weighted by Gasteiger charge is 2.27. The zero-order valence-corrected chi connectivity index (χ0v) is 16.3. The molecule has 1 aromatic heterocycles. The van der Waals surface area contributed by atoms with E-state index in [1.165, 1.54) is 0 Å². The normalized spacial score (nSPS) is 10.4. The van der Waals surface area contributed by atoms with Gasteiger partial charge in [0.25, 0.3) is 0 Å². The number of anilines is 4. The van der Waals surface area contributed by atoms with Gasteiger partial charge in [-0.05, 0) is 48.5 Å². The maximum Gasteiger partial charge on any atom is 0.338 e. The molecule has 4 nitrogen and oxygen atoms in total. The summed E-state index contributed by atoms with van der Waals surface area (Å²) in [7, 11) is 0. The lowest BCUT2D eigenvalue weighted by atomic mass is 10.2. The number of halogens is 1. The summed E-state index contributed by atoms with van der Waals surface area (Å²) in [4.78, 5) is 21.3. The molecule has 4 rings (SSSR count). The summed E-state index contributed by atoms with van der Waals surface area (Å²) < 4.78 is 0. The van der Waals surface area contributed by atoms with Gasteiger partial charge in [0.05, 0.1) is 27.8 Å². The minimum Gasteiger partial charge on any atom is -0.265 e. The average Bonchev–Trinajstić information content (AvgIpc) is 2.78.